The van der Waals surface area contributed by atoms with E-state index in [4.69, 9.17) is 18.9 Å². The lowest BCUT2D eigenvalue weighted by atomic mass is 9.88. The summed E-state index contributed by atoms with van der Waals surface area (Å²) in [7, 11) is 0. The van der Waals surface area contributed by atoms with Gasteiger partial charge in [0.2, 0.25) is 0 Å². The van der Waals surface area contributed by atoms with Crippen LogP contribution in [0.15, 0.2) is 48.5 Å². The van der Waals surface area contributed by atoms with Crippen LogP contribution in [0.5, 0.6) is 23.0 Å². The summed E-state index contributed by atoms with van der Waals surface area (Å²) in [6.07, 6.45) is -2.33. The Bertz CT molecular complexity index is 3270. The number of unbranched alkanes of at least 4 members (excludes halogenated alkanes) is 3. The molecule has 0 saturated carbocycles. The Kier molecular flexibility index (Phi) is 26.6. The summed E-state index contributed by atoms with van der Waals surface area (Å²) in [6.45, 7) is 7.43. The first-order valence-electron chi connectivity index (χ1n) is 29.3. The number of carbonyl (C=O) groups excluding carboxylic acids is 4. The van der Waals surface area contributed by atoms with E-state index >= 15 is 0 Å². The number of ether oxygens (including phenoxy) is 4. The predicted octanol–water partition coefficient (Wildman–Crippen LogP) is 5.32. The van der Waals surface area contributed by atoms with E-state index in [0.29, 0.717) is 44.9 Å². The number of rotatable bonds is 35. The van der Waals surface area contributed by atoms with Crippen LogP contribution in [0.2, 0.25) is 0 Å². The highest BCUT2D eigenvalue weighted by atomic mass is 16.5. The van der Waals surface area contributed by atoms with Crippen molar-refractivity contribution in [2.45, 2.75) is 148 Å². The standard InChI is InChI=1S/C63H74N4O24/c1-5-9-13-89-53-34-16-32-20-40(56(76)64-44(60(80)81)28-48(68)69)21-33(52(32)88-12-8-4)17-35-23-42(58(78)66-46(62(84)85)30-50(72)73)25-37(54(35)90-14-10-6-2)19-39-27-43(59(79)67-47(63(86)87)31-51(74)75)26-38(55(39)91-15-11-7-3)18-36(53)24-41(22-34)57(77)65-45(61(82)83)29-49(70)71/h20-27,44-47H,5-19,28-31H2,1-4H3,(H,64,76)(H,65,77)(H,66,78)(H,67,79)(H,68,69)(H,70,71)(H,72,73)(H,74,75)(H,80,81)(H,82,83)(H,84,85)(H,86,87)/t44-,45-,46+,47-/m0/s1. The summed E-state index contributed by atoms with van der Waals surface area (Å²) in [5.74, 6) is -17.2. The van der Waals surface area contributed by atoms with Gasteiger partial charge >= 0.3 is 47.8 Å². The zero-order valence-corrected chi connectivity index (χ0v) is 50.5. The fourth-order valence-electron chi connectivity index (χ4n) is 9.78. The van der Waals surface area contributed by atoms with Crippen molar-refractivity contribution in [2.75, 3.05) is 26.4 Å². The van der Waals surface area contributed by atoms with Gasteiger partial charge in [-0.25, -0.2) is 19.2 Å². The summed E-state index contributed by atoms with van der Waals surface area (Å²) in [5, 5.41) is 88.0. The molecular weight excluding hydrogens is 1200 g/mol. The summed E-state index contributed by atoms with van der Waals surface area (Å²) < 4.78 is 26.5. The number of fused-ring (bicyclic) bond motifs is 8. The van der Waals surface area contributed by atoms with E-state index in [0.717, 1.165) is 0 Å². The molecule has 4 amide bonds. The molecule has 8 bridgehead atoms. The molecule has 1 aliphatic rings. The van der Waals surface area contributed by atoms with Crippen molar-refractivity contribution in [1.82, 2.24) is 21.3 Å². The van der Waals surface area contributed by atoms with Crippen molar-refractivity contribution in [1.29, 1.82) is 0 Å². The molecule has 91 heavy (non-hydrogen) atoms. The minimum atomic E-state index is -1.97. The summed E-state index contributed by atoms with van der Waals surface area (Å²) >= 11 is 0. The molecule has 28 heteroatoms. The maximum absolute atomic E-state index is 14.6. The van der Waals surface area contributed by atoms with Crippen LogP contribution in [0.25, 0.3) is 0 Å². The van der Waals surface area contributed by atoms with Crippen molar-refractivity contribution < 1.29 is 117 Å². The minimum Gasteiger partial charge on any atom is -0.493 e. The van der Waals surface area contributed by atoms with Gasteiger partial charge in [0.15, 0.2) is 0 Å². The summed E-state index contributed by atoms with van der Waals surface area (Å²) in [5.41, 5.74) is -0.161. The van der Waals surface area contributed by atoms with Crippen molar-refractivity contribution in [3.05, 3.63) is 115 Å². The predicted molar refractivity (Wildman–Crippen MR) is 319 cm³/mol. The molecule has 0 aliphatic heterocycles. The van der Waals surface area contributed by atoms with Crippen LogP contribution >= 0.6 is 0 Å². The van der Waals surface area contributed by atoms with Gasteiger partial charge < -0.3 is 81.1 Å². The second-order valence-corrected chi connectivity index (χ2v) is 21.5. The molecular formula is C63H74N4O24. The lowest BCUT2D eigenvalue weighted by Crippen LogP contribution is -2.42. The lowest BCUT2D eigenvalue weighted by Gasteiger charge is -2.25. The first kappa shape index (κ1) is 71.5. The second-order valence-electron chi connectivity index (χ2n) is 21.5. The highest BCUT2D eigenvalue weighted by molar-refractivity contribution is 6.01. The molecule has 4 atom stereocenters. The molecule has 0 fully saturated rings. The number of nitrogens with one attached hydrogen (secondary N) is 4. The molecule has 4 aromatic rings. The van der Waals surface area contributed by atoms with Crippen LogP contribution < -0.4 is 40.2 Å². The molecule has 5 rings (SSSR count). The molecule has 490 valence electrons. The van der Waals surface area contributed by atoms with Gasteiger partial charge in [0, 0.05) is 47.9 Å². The average Bonchev–Trinajstić information content (AvgIpc) is 0.809. The number of amides is 4. The van der Waals surface area contributed by atoms with Crippen LogP contribution in [0, 0.1) is 0 Å². The molecule has 0 saturated heterocycles. The van der Waals surface area contributed by atoms with Gasteiger partial charge in [-0.05, 0) is 119 Å². The summed E-state index contributed by atoms with van der Waals surface area (Å²) in [6, 6.07) is 2.65. The third-order valence-electron chi connectivity index (χ3n) is 14.2. The van der Waals surface area contributed by atoms with Crippen LogP contribution in [-0.4, -0.2) is 163 Å². The van der Waals surface area contributed by atoms with Crippen LogP contribution in [0.3, 0.4) is 0 Å². The van der Waals surface area contributed by atoms with Gasteiger partial charge in [-0.15, -0.1) is 0 Å². The number of benzene rings is 4. The number of carboxylic acids is 8. The Morgan fingerprint density at radius 1 is 0.319 bits per heavy atom. The van der Waals surface area contributed by atoms with E-state index in [1.54, 1.807) is 6.92 Å². The van der Waals surface area contributed by atoms with Gasteiger partial charge in [-0.3, -0.25) is 38.4 Å². The van der Waals surface area contributed by atoms with E-state index in [1.165, 1.54) is 48.5 Å². The van der Waals surface area contributed by atoms with Crippen molar-refractivity contribution in [2.24, 2.45) is 0 Å². The molecule has 0 heterocycles. The maximum Gasteiger partial charge on any atom is 0.326 e. The number of hydrogen-bond acceptors (Lipinski definition) is 16. The Hall–Kier alpha value is -10.3. The summed E-state index contributed by atoms with van der Waals surface area (Å²) in [4.78, 5) is 156. The van der Waals surface area contributed by atoms with Gasteiger partial charge in [0.1, 0.15) is 47.2 Å². The largest absolute Gasteiger partial charge is 0.493 e. The number of aliphatic carboxylic acids is 8. The molecule has 0 radical (unpaired) electrons. The first-order valence-corrected chi connectivity index (χ1v) is 29.3. The highest BCUT2D eigenvalue weighted by Crippen LogP contribution is 2.41. The second kappa shape index (κ2) is 33.9. The van der Waals surface area contributed by atoms with Crippen LogP contribution in [0.1, 0.15) is 184 Å². The maximum atomic E-state index is 14.6. The van der Waals surface area contributed by atoms with Gasteiger partial charge in [0.25, 0.3) is 23.6 Å². The van der Waals surface area contributed by atoms with E-state index in [-0.39, 0.29) is 142 Å². The van der Waals surface area contributed by atoms with Gasteiger partial charge in [-0.1, -0.05) is 47.0 Å². The van der Waals surface area contributed by atoms with Crippen molar-refractivity contribution in [3.63, 3.8) is 0 Å². The van der Waals surface area contributed by atoms with Crippen molar-refractivity contribution in [3.8, 4) is 23.0 Å². The van der Waals surface area contributed by atoms with E-state index in [9.17, 15) is 98.4 Å². The zero-order chi connectivity index (χ0) is 67.2. The van der Waals surface area contributed by atoms with Crippen LogP contribution in [0.4, 0.5) is 0 Å². The average molecular weight is 1270 g/mol. The van der Waals surface area contributed by atoms with E-state index in [2.05, 4.69) is 21.3 Å². The Labute approximate surface area is 521 Å². The Morgan fingerprint density at radius 3 is 0.659 bits per heavy atom. The third-order valence-corrected chi connectivity index (χ3v) is 14.2. The lowest BCUT2D eigenvalue weighted by molar-refractivity contribution is -0.145. The fraction of sp³-hybridized carbons (Fsp3) is 0.429. The van der Waals surface area contributed by atoms with E-state index in [1.807, 2.05) is 20.8 Å². The number of carboxylic acid groups (broad SMARTS) is 8. The quantitative estimate of drug-likeness (QED) is 0.0228. The Morgan fingerprint density at radius 2 is 0.505 bits per heavy atom. The minimum absolute atomic E-state index is 0.0113. The highest BCUT2D eigenvalue weighted by Gasteiger charge is 2.32. The topological polar surface area (TPSA) is 452 Å². The Balaban J connectivity index is 2.10. The molecule has 0 aromatic heterocycles. The third kappa shape index (κ3) is 20.6. The van der Waals surface area contributed by atoms with E-state index < -0.39 is 121 Å². The van der Waals surface area contributed by atoms with Gasteiger partial charge in [-0.2, -0.15) is 0 Å². The monoisotopic (exact) mass is 1270 g/mol. The molecule has 0 unspecified atom stereocenters. The normalized spacial score (nSPS) is 12.9. The smallest absolute Gasteiger partial charge is 0.326 e. The first-order chi connectivity index (χ1) is 43.2. The molecule has 1 aliphatic carbocycles. The number of carbonyl (C=O) groups is 12. The molecule has 0 spiro atoms. The SMILES string of the molecule is CCCCOc1c2cc(C(=O)N[C@@H](CC(=O)O)C(=O)O)cc1Cc1cc(C(=O)N[C@@H](CC(=O)O)C(=O)O)cc(c1OCCCC)Cc1cc(C(=O)N[C@H](CC(=O)O)C(=O)O)cc(c1OCCCC)Cc1cc(C(=O)N[C@@H](CC(=O)O)C(=O)O)cc(c1OCCC)C2. The molecule has 4 aromatic carbocycles. The van der Waals surface area contributed by atoms with Gasteiger partial charge in [0.05, 0.1) is 52.1 Å². The molecule has 28 nitrogen and oxygen atoms in total. The van der Waals surface area contributed by atoms with Crippen molar-refractivity contribution >= 4 is 71.4 Å². The molecule has 12 N–H and O–H groups in total. The fourth-order valence-corrected chi connectivity index (χ4v) is 9.78. The van der Waals surface area contributed by atoms with Crippen LogP contribution in [-0.2, 0) is 64.0 Å². The zero-order valence-electron chi connectivity index (χ0n) is 50.5. The number of hydrogen-bond donors (Lipinski definition) is 12.